The van der Waals surface area contributed by atoms with Crippen LogP contribution in [0.15, 0.2) is 24.4 Å². The standard InChI is InChI=1S/C10H13NO3/c1-10(2,3)14-9(12)13-8-6-4-5-7-11-8/h4-7H,1-3H3/i1D3,2D3,3D3. The van der Waals surface area contributed by atoms with Crippen LogP contribution in [-0.4, -0.2) is 16.7 Å². The Morgan fingerprint density at radius 3 is 2.86 bits per heavy atom. The van der Waals surface area contributed by atoms with Crippen molar-refractivity contribution < 1.29 is 26.6 Å². The number of nitrogens with zero attached hydrogens (tertiary/aromatic N) is 1. The molecule has 1 aromatic rings. The normalized spacial score (nSPS) is 23.0. The molecule has 76 valence electrons. The summed E-state index contributed by atoms with van der Waals surface area (Å²) in [6, 6.07) is 4.14. The van der Waals surface area contributed by atoms with E-state index < -0.39 is 32.3 Å². The van der Waals surface area contributed by atoms with E-state index in [1.165, 1.54) is 24.4 Å². The number of hydrogen-bond acceptors (Lipinski definition) is 4. The van der Waals surface area contributed by atoms with Gasteiger partial charge in [-0.1, -0.05) is 6.07 Å². The number of pyridine rings is 1. The second kappa shape index (κ2) is 4.09. The minimum Gasteiger partial charge on any atom is -0.428 e. The predicted octanol–water partition coefficient (Wildman–Crippen LogP) is 2.40. The fourth-order valence-corrected chi connectivity index (χ4v) is 0.639. The molecule has 0 saturated carbocycles. The topological polar surface area (TPSA) is 48.4 Å². The van der Waals surface area contributed by atoms with Gasteiger partial charge in [-0.05, 0) is 26.6 Å². The molecule has 14 heavy (non-hydrogen) atoms. The van der Waals surface area contributed by atoms with E-state index in [-0.39, 0.29) is 5.88 Å². The zero-order valence-corrected chi connectivity index (χ0v) is 6.98. The van der Waals surface area contributed by atoms with Gasteiger partial charge < -0.3 is 9.47 Å². The zero-order valence-electron chi connectivity index (χ0n) is 16.0. The van der Waals surface area contributed by atoms with Crippen LogP contribution in [-0.2, 0) is 4.74 Å². The van der Waals surface area contributed by atoms with Gasteiger partial charge >= 0.3 is 6.16 Å². The number of hydrogen-bond donors (Lipinski definition) is 0. The van der Waals surface area contributed by atoms with Crippen LogP contribution in [0.4, 0.5) is 4.79 Å². The first-order valence-corrected chi connectivity index (χ1v) is 3.54. The van der Waals surface area contributed by atoms with Crippen LogP contribution >= 0.6 is 0 Å². The Morgan fingerprint density at radius 2 is 2.29 bits per heavy atom. The molecule has 1 rings (SSSR count). The quantitative estimate of drug-likeness (QED) is 0.659. The monoisotopic (exact) mass is 204 g/mol. The molecule has 0 bridgehead atoms. The molecule has 0 radical (unpaired) electrons. The molecule has 0 fully saturated rings. The minimum atomic E-state index is -3.74. The highest BCUT2D eigenvalue weighted by molar-refractivity contribution is 5.63. The zero-order chi connectivity index (χ0) is 18.1. The second-order valence-corrected chi connectivity index (χ2v) is 2.30. The summed E-state index contributed by atoms with van der Waals surface area (Å²) in [6.45, 7) is -11.0. The van der Waals surface area contributed by atoms with Crippen molar-refractivity contribution in [3.63, 3.8) is 0 Å². The van der Waals surface area contributed by atoms with Gasteiger partial charge in [-0.3, -0.25) is 0 Å². The number of rotatable bonds is 1. The number of carbonyl (C=O) groups excluding carboxylic acids is 1. The molecule has 0 aliphatic carbocycles. The molecule has 4 nitrogen and oxygen atoms in total. The average Bonchev–Trinajstić information content (AvgIpc) is 2.32. The highest BCUT2D eigenvalue weighted by atomic mass is 16.7. The van der Waals surface area contributed by atoms with Gasteiger partial charge in [0.1, 0.15) is 5.60 Å². The molecule has 0 amide bonds. The molecule has 0 unspecified atom stereocenters. The highest BCUT2D eigenvalue weighted by Crippen LogP contribution is 2.10. The van der Waals surface area contributed by atoms with Gasteiger partial charge in [0.25, 0.3) is 0 Å². The van der Waals surface area contributed by atoms with Crippen molar-refractivity contribution >= 4 is 6.16 Å². The molecule has 1 heterocycles. The molecule has 0 atom stereocenters. The van der Waals surface area contributed by atoms with Crippen LogP contribution < -0.4 is 4.74 Å². The Kier molecular flexibility index (Phi) is 1.03. The first-order chi connectivity index (χ1) is 10.2. The van der Waals surface area contributed by atoms with Gasteiger partial charge in [0.2, 0.25) is 5.88 Å². The van der Waals surface area contributed by atoms with Gasteiger partial charge in [-0.25, -0.2) is 9.78 Å². The van der Waals surface area contributed by atoms with Gasteiger partial charge in [-0.2, -0.15) is 0 Å². The summed E-state index contributed by atoms with van der Waals surface area (Å²) in [5.74, 6) is -0.312. The summed E-state index contributed by atoms with van der Waals surface area (Å²) in [6.07, 6.45) is -0.556. The molecule has 1 aromatic heterocycles. The first-order valence-electron chi connectivity index (χ1n) is 8.04. The third-order valence-electron chi connectivity index (χ3n) is 1.06. The van der Waals surface area contributed by atoms with Crippen molar-refractivity contribution in [1.82, 2.24) is 4.98 Å². The van der Waals surface area contributed by atoms with E-state index in [0.717, 1.165) is 0 Å². The Balaban J connectivity index is 3.24. The maximum Gasteiger partial charge on any atom is 0.515 e. The molecule has 0 aliphatic heterocycles. The predicted molar refractivity (Wildman–Crippen MR) is 51.1 cm³/mol. The summed E-state index contributed by atoms with van der Waals surface area (Å²) in [7, 11) is 0. The summed E-state index contributed by atoms with van der Waals surface area (Å²) in [5.41, 5.74) is -3.74. The Bertz CT molecular complexity index is 513. The van der Waals surface area contributed by atoms with Crippen LogP contribution in [0.25, 0.3) is 0 Å². The van der Waals surface area contributed by atoms with Crippen LogP contribution in [0.3, 0.4) is 0 Å². The van der Waals surface area contributed by atoms with E-state index in [4.69, 9.17) is 12.3 Å². The first kappa shape index (κ1) is 3.53. The average molecular weight is 204 g/mol. The summed E-state index contributed by atoms with van der Waals surface area (Å²) < 4.78 is 74.5. The highest BCUT2D eigenvalue weighted by Gasteiger charge is 2.18. The molecule has 4 heteroatoms. The van der Waals surface area contributed by atoms with Crippen LogP contribution in [0.2, 0.25) is 0 Å². The molecule has 0 saturated heterocycles. The smallest absolute Gasteiger partial charge is 0.428 e. The Hall–Kier alpha value is -1.58. The summed E-state index contributed by atoms with van der Waals surface area (Å²) in [5, 5.41) is 0. The third kappa shape index (κ3) is 3.89. The maximum absolute atomic E-state index is 11.7. The summed E-state index contributed by atoms with van der Waals surface area (Å²) >= 11 is 0. The van der Waals surface area contributed by atoms with Crippen molar-refractivity contribution in [3.8, 4) is 5.88 Å². The third-order valence-corrected chi connectivity index (χ3v) is 1.06. The number of ether oxygens (including phenoxy) is 2. The van der Waals surface area contributed by atoms with Gasteiger partial charge in [0.05, 0.1) is 0 Å². The molecule has 0 spiro atoms. The lowest BCUT2D eigenvalue weighted by atomic mass is 10.2. The molecule has 0 N–H and O–H groups in total. The van der Waals surface area contributed by atoms with Gasteiger partial charge in [0, 0.05) is 24.6 Å². The Labute approximate surface area is 95.5 Å². The molecular formula is C10H13NO3. The Morgan fingerprint density at radius 1 is 1.50 bits per heavy atom. The lowest BCUT2D eigenvalue weighted by molar-refractivity contribution is 0.0197. The van der Waals surface area contributed by atoms with E-state index >= 15 is 0 Å². The van der Waals surface area contributed by atoms with E-state index in [1.54, 1.807) is 0 Å². The van der Waals surface area contributed by atoms with Crippen molar-refractivity contribution in [1.29, 1.82) is 0 Å². The van der Waals surface area contributed by atoms with Gasteiger partial charge in [0.15, 0.2) is 0 Å². The van der Waals surface area contributed by atoms with E-state index in [9.17, 15) is 4.79 Å². The molecular weight excluding hydrogens is 182 g/mol. The van der Waals surface area contributed by atoms with E-state index in [1.807, 2.05) is 0 Å². The summed E-state index contributed by atoms with van der Waals surface area (Å²) in [4.78, 5) is 15.3. The maximum atomic E-state index is 11.7. The SMILES string of the molecule is [2H]C([2H])([2H])C(OC(=O)Oc1ccccn1)(C([2H])([2H])[2H])C([2H])([2H])[2H]. The van der Waals surface area contributed by atoms with Crippen molar-refractivity contribution in [3.05, 3.63) is 24.4 Å². The number of carbonyl (C=O) groups is 1. The van der Waals surface area contributed by atoms with Crippen LogP contribution in [0, 0.1) is 0 Å². The fourth-order valence-electron chi connectivity index (χ4n) is 0.639. The number of aromatic nitrogens is 1. The van der Waals surface area contributed by atoms with E-state index in [0.29, 0.717) is 0 Å². The largest absolute Gasteiger partial charge is 0.515 e. The van der Waals surface area contributed by atoms with Crippen LogP contribution in [0.1, 0.15) is 32.9 Å². The van der Waals surface area contributed by atoms with Crippen LogP contribution in [0.5, 0.6) is 5.88 Å². The lowest BCUT2D eigenvalue weighted by Gasteiger charge is -2.18. The molecule has 0 aromatic carbocycles. The van der Waals surface area contributed by atoms with Crippen molar-refractivity contribution in [2.24, 2.45) is 0 Å². The van der Waals surface area contributed by atoms with E-state index in [2.05, 4.69) is 14.5 Å². The fraction of sp³-hybridized carbons (Fsp3) is 0.400. The lowest BCUT2D eigenvalue weighted by Crippen LogP contribution is -2.26. The minimum absolute atomic E-state index is 0.312. The molecule has 0 aliphatic rings. The van der Waals surface area contributed by atoms with Gasteiger partial charge in [-0.15, -0.1) is 0 Å². The second-order valence-electron chi connectivity index (χ2n) is 2.30. The van der Waals surface area contributed by atoms with Crippen molar-refractivity contribution in [2.45, 2.75) is 26.2 Å². The van der Waals surface area contributed by atoms with Crippen molar-refractivity contribution in [2.75, 3.05) is 0 Å².